The number of aliphatic carboxylic acids is 2. The Labute approximate surface area is 160 Å². The number of carbonyl (C=O) groups is 5. The second-order valence-electron chi connectivity index (χ2n) is 5.77. The third kappa shape index (κ3) is 12.6. The number of hydrogen-bond acceptors (Lipinski definition) is 8. The SMILES string of the molecule is CC(C)OC(=O)CSC[C@H](NC(=O)CC[C@H](N)C(=O)O)C(=O)NCC(=O)O. The van der Waals surface area contributed by atoms with Crippen LogP contribution in [0.1, 0.15) is 26.7 Å². The van der Waals surface area contributed by atoms with Gasteiger partial charge in [-0.1, -0.05) is 0 Å². The molecule has 11 nitrogen and oxygen atoms in total. The lowest BCUT2D eigenvalue weighted by Gasteiger charge is -2.18. The molecule has 0 rings (SSSR count). The number of hydrogen-bond donors (Lipinski definition) is 5. The summed E-state index contributed by atoms with van der Waals surface area (Å²) in [5.41, 5.74) is 5.31. The van der Waals surface area contributed by atoms with E-state index in [4.69, 9.17) is 20.7 Å². The summed E-state index contributed by atoms with van der Waals surface area (Å²) in [6.07, 6.45) is -0.639. The Morgan fingerprint density at radius 3 is 2.30 bits per heavy atom. The number of carboxylic acid groups (broad SMARTS) is 2. The van der Waals surface area contributed by atoms with Gasteiger partial charge >= 0.3 is 17.9 Å². The lowest BCUT2D eigenvalue weighted by atomic mass is 10.1. The first-order valence-corrected chi connectivity index (χ1v) is 9.22. The van der Waals surface area contributed by atoms with Gasteiger partial charge in [-0.05, 0) is 20.3 Å². The second kappa shape index (κ2) is 12.9. The van der Waals surface area contributed by atoms with E-state index in [2.05, 4.69) is 10.6 Å². The minimum atomic E-state index is -1.26. The monoisotopic (exact) mass is 407 g/mol. The topological polar surface area (TPSA) is 185 Å². The molecule has 2 atom stereocenters. The summed E-state index contributed by atoms with van der Waals surface area (Å²) in [6.45, 7) is 2.74. The number of rotatable bonds is 13. The number of carbonyl (C=O) groups excluding carboxylic acids is 3. The minimum absolute atomic E-state index is 0.00459. The molecule has 0 heterocycles. The lowest BCUT2D eigenvalue weighted by molar-refractivity contribution is -0.144. The highest BCUT2D eigenvalue weighted by molar-refractivity contribution is 8.00. The summed E-state index contributed by atoms with van der Waals surface area (Å²) in [6, 6.07) is -2.31. The van der Waals surface area contributed by atoms with Crippen LogP contribution in [0.5, 0.6) is 0 Å². The highest BCUT2D eigenvalue weighted by Crippen LogP contribution is 2.06. The van der Waals surface area contributed by atoms with Crippen LogP contribution >= 0.6 is 11.8 Å². The Kier molecular flexibility index (Phi) is 11.8. The largest absolute Gasteiger partial charge is 0.480 e. The molecule has 0 saturated heterocycles. The van der Waals surface area contributed by atoms with Gasteiger partial charge < -0.3 is 31.3 Å². The molecule has 0 aliphatic carbocycles. The van der Waals surface area contributed by atoms with Gasteiger partial charge in [-0.15, -0.1) is 11.8 Å². The van der Waals surface area contributed by atoms with E-state index in [-0.39, 0.29) is 30.5 Å². The van der Waals surface area contributed by atoms with Crippen LogP contribution in [0.4, 0.5) is 0 Å². The summed E-state index contributed by atoms with van der Waals surface area (Å²) in [4.78, 5) is 56.7. The number of amides is 2. The number of nitrogens with one attached hydrogen (secondary N) is 2. The standard InChI is InChI=1S/C15H25N3O8S/c1-8(2)26-13(22)7-27-6-10(14(23)17-5-12(20)21)18-11(19)4-3-9(16)15(24)25/h8-10H,3-7,16H2,1-2H3,(H,17,23)(H,18,19)(H,20,21)(H,24,25)/t9-,10-/m0/s1. The Hall–Kier alpha value is -2.34. The van der Waals surface area contributed by atoms with Crippen LogP contribution in [0.15, 0.2) is 0 Å². The van der Waals surface area contributed by atoms with Gasteiger partial charge in [-0.25, -0.2) is 0 Å². The summed E-state index contributed by atoms with van der Waals surface area (Å²) < 4.78 is 4.95. The Bertz CT molecular complexity index is 555. The maximum Gasteiger partial charge on any atom is 0.322 e. The van der Waals surface area contributed by atoms with Gasteiger partial charge in [-0.3, -0.25) is 24.0 Å². The Morgan fingerprint density at radius 2 is 1.78 bits per heavy atom. The molecule has 0 aromatic heterocycles. The van der Waals surface area contributed by atoms with Crippen LogP contribution in [-0.4, -0.2) is 76.2 Å². The molecule has 12 heteroatoms. The molecule has 154 valence electrons. The number of ether oxygens (including phenoxy) is 1. The number of carboxylic acids is 2. The van der Waals surface area contributed by atoms with Crippen molar-refractivity contribution in [1.29, 1.82) is 0 Å². The minimum Gasteiger partial charge on any atom is -0.480 e. The molecule has 0 bridgehead atoms. The van der Waals surface area contributed by atoms with Crippen molar-refractivity contribution in [3.05, 3.63) is 0 Å². The predicted octanol–water partition coefficient (Wildman–Crippen LogP) is -1.45. The van der Waals surface area contributed by atoms with Crippen molar-refractivity contribution in [3.8, 4) is 0 Å². The Morgan fingerprint density at radius 1 is 1.15 bits per heavy atom. The normalized spacial score (nSPS) is 12.7. The lowest BCUT2D eigenvalue weighted by Crippen LogP contribution is -2.49. The zero-order chi connectivity index (χ0) is 21.0. The van der Waals surface area contributed by atoms with Crippen molar-refractivity contribution in [2.24, 2.45) is 5.73 Å². The third-order valence-corrected chi connectivity index (χ3v) is 3.95. The Balaban J connectivity index is 4.65. The first-order chi connectivity index (χ1) is 12.5. The van der Waals surface area contributed by atoms with E-state index in [1.165, 1.54) is 0 Å². The van der Waals surface area contributed by atoms with Crippen LogP contribution in [0.3, 0.4) is 0 Å². The molecule has 0 radical (unpaired) electrons. The van der Waals surface area contributed by atoms with Crippen LogP contribution in [0.2, 0.25) is 0 Å². The van der Waals surface area contributed by atoms with Crippen LogP contribution in [-0.2, 0) is 28.7 Å². The summed E-state index contributed by atoms with van der Waals surface area (Å²) in [5, 5.41) is 21.8. The fourth-order valence-corrected chi connectivity index (χ4v) is 2.53. The van der Waals surface area contributed by atoms with E-state index < -0.39 is 48.4 Å². The second-order valence-corrected chi connectivity index (χ2v) is 6.80. The molecule has 6 N–H and O–H groups in total. The molecule has 27 heavy (non-hydrogen) atoms. The summed E-state index contributed by atoms with van der Waals surface area (Å²) in [5.74, 6) is -4.41. The van der Waals surface area contributed by atoms with E-state index in [1.54, 1.807) is 13.8 Å². The first-order valence-electron chi connectivity index (χ1n) is 8.07. The van der Waals surface area contributed by atoms with E-state index in [1.807, 2.05) is 0 Å². The van der Waals surface area contributed by atoms with Gasteiger partial charge in [0.2, 0.25) is 11.8 Å². The molecule has 0 fully saturated rings. The van der Waals surface area contributed by atoms with Gasteiger partial charge in [0.15, 0.2) is 0 Å². The van der Waals surface area contributed by atoms with Crippen molar-refractivity contribution < 1.29 is 38.9 Å². The fraction of sp³-hybridized carbons (Fsp3) is 0.667. The number of thioether (sulfide) groups is 1. The van der Waals surface area contributed by atoms with Crippen LogP contribution in [0.25, 0.3) is 0 Å². The molecule has 0 saturated carbocycles. The van der Waals surface area contributed by atoms with Crippen molar-refractivity contribution in [3.63, 3.8) is 0 Å². The molecule has 0 aliphatic heterocycles. The average molecular weight is 407 g/mol. The van der Waals surface area contributed by atoms with E-state index in [0.717, 1.165) is 11.8 Å². The van der Waals surface area contributed by atoms with Crippen molar-refractivity contribution in [2.45, 2.75) is 44.9 Å². The van der Waals surface area contributed by atoms with E-state index in [0.29, 0.717) is 0 Å². The fourth-order valence-electron chi connectivity index (χ4n) is 1.70. The highest BCUT2D eigenvalue weighted by Gasteiger charge is 2.23. The quantitative estimate of drug-likeness (QED) is 0.226. The number of nitrogens with two attached hydrogens (primary N) is 1. The summed E-state index contributed by atoms with van der Waals surface area (Å²) in [7, 11) is 0. The van der Waals surface area contributed by atoms with E-state index in [9.17, 15) is 24.0 Å². The van der Waals surface area contributed by atoms with Crippen molar-refractivity contribution >= 4 is 41.5 Å². The van der Waals surface area contributed by atoms with Gasteiger partial charge in [0, 0.05) is 12.2 Å². The maximum atomic E-state index is 12.0. The van der Waals surface area contributed by atoms with Crippen molar-refractivity contribution in [2.75, 3.05) is 18.1 Å². The zero-order valence-electron chi connectivity index (χ0n) is 15.1. The van der Waals surface area contributed by atoms with Crippen LogP contribution < -0.4 is 16.4 Å². The van der Waals surface area contributed by atoms with Gasteiger partial charge in [0.1, 0.15) is 18.6 Å². The maximum absolute atomic E-state index is 12.0. The van der Waals surface area contributed by atoms with Gasteiger partial charge in [0.05, 0.1) is 11.9 Å². The van der Waals surface area contributed by atoms with Gasteiger partial charge in [0.25, 0.3) is 0 Å². The molecule has 0 unspecified atom stereocenters. The molecular formula is C15H25N3O8S. The van der Waals surface area contributed by atoms with Crippen molar-refractivity contribution in [1.82, 2.24) is 10.6 Å². The summed E-state index contributed by atoms with van der Waals surface area (Å²) >= 11 is 1.03. The zero-order valence-corrected chi connectivity index (χ0v) is 15.9. The van der Waals surface area contributed by atoms with Gasteiger partial charge in [-0.2, -0.15) is 0 Å². The molecular weight excluding hydrogens is 382 g/mol. The predicted molar refractivity (Wildman–Crippen MR) is 96.0 cm³/mol. The molecule has 0 spiro atoms. The van der Waals surface area contributed by atoms with Crippen LogP contribution in [0, 0.1) is 0 Å². The van der Waals surface area contributed by atoms with E-state index >= 15 is 0 Å². The molecule has 0 aromatic carbocycles. The first kappa shape index (κ1) is 24.7. The number of esters is 1. The molecule has 2 amide bonds. The third-order valence-electron chi connectivity index (χ3n) is 2.94. The average Bonchev–Trinajstić information content (AvgIpc) is 2.55. The molecule has 0 aliphatic rings. The molecule has 0 aromatic rings. The highest BCUT2D eigenvalue weighted by atomic mass is 32.2. The smallest absolute Gasteiger partial charge is 0.322 e.